The van der Waals surface area contributed by atoms with Crippen molar-refractivity contribution in [3.8, 4) is 0 Å². The van der Waals surface area contributed by atoms with Crippen molar-refractivity contribution in [1.82, 2.24) is 0 Å². The molecule has 0 saturated carbocycles. The zero-order valence-corrected chi connectivity index (χ0v) is 14.8. The quantitative estimate of drug-likeness (QED) is 0.200. The smallest absolute Gasteiger partial charge is 0.302 e. The number of hydrogen-bond acceptors (Lipinski definition) is 2. The Morgan fingerprint density at radius 2 is 1.18 bits per heavy atom. The fourth-order valence-corrected chi connectivity index (χ4v) is 2.38. The van der Waals surface area contributed by atoms with Gasteiger partial charge in [0.2, 0.25) is 0 Å². The lowest BCUT2D eigenvalue weighted by atomic mass is 10.1. The molecule has 0 N–H and O–H groups in total. The average molecular weight is 309 g/mol. The summed E-state index contributed by atoms with van der Waals surface area (Å²) in [5.41, 5.74) is 0. The van der Waals surface area contributed by atoms with Crippen LogP contribution in [0.4, 0.5) is 0 Å². The molecule has 0 spiro atoms. The Hall–Kier alpha value is -1.05. The van der Waals surface area contributed by atoms with E-state index in [9.17, 15) is 4.79 Å². The molecule has 0 aliphatic carbocycles. The van der Waals surface area contributed by atoms with E-state index in [1.807, 2.05) is 0 Å². The minimum atomic E-state index is -0.189. The third kappa shape index (κ3) is 18.9. The van der Waals surface area contributed by atoms with E-state index < -0.39 is 0 Å². The first-order chi connectivity index (χ1) is 10.8. The van der Waals surface area contributed by atoms with Crippen molar-refractivity contribution in [2.75, 3.05) is 6.61 Å². The Morgan fingerprint density at radius 3 is 1.68 bits per heavy atom. The maximum Gasteiger partial charge on any atom is 0.302 e. The van der Waals surface area contributed by atoms with Crippen LogP contribution in [-0.4, -0.2) is 12.6 Å². The first-order valence-corrected chi connectivity index (χ1v) is 9.20. The molecule has 0 heterocycles. The van der Waals surface area contributed by atoms with Gasteiger partial charge < -0.3 is 4.74 Å². The molecule has 0 unspecified atom stereocenters. The predicted molar refractivity (Wildman–Crippen MR) is 96.0 cm³/mol. The molecule has 0 saturated heterocycles. The van der Waals surface area contributed by atoms with Crippen LogP contribution in [-0.2, 0) is 9.53 Å². The SMILES string of the molecule is CCC=CCCCCCCCCCCC=CCCOC(C)=O. The molecule has 22 heavy (non-hydrogen) atoms. The normalized spacial score (nSPS) is 11.5. The third-order valence-electron chi connectivity index (χ3n) is 3.65. The van der Waals surface area contributed by atoms with Crippen LogP contribution in [0.15, 0.2) is 24.3 Å². The van der Waals surface area contributed by atoms with Crippen LogP contribution in [0.3, 0.4) is 0 Å². The first kappa shape index (κ1) is 20.9. The van der Waals surface area contributed by atoms with E-state index in [1.54, 1.807) is 0 Å². The van der Waals surface area contributed by atoms with Crippen LogP contribution in [0, 0.1) is 0 Å². The fourth-order valence-electron chi connectivity index (χ4n) is 2.38. The van der Waals surface area contributed by atoms with Gasteiger partial charge in [-0.15, -0.1) is 0 Å². The Kier molecular flexibility index (Phi) is 17.1. The van der Waals surface area contributed by atoms with Gasteiger partial charge in [0.05, 0.1) is 6.61 Å². The summed E-state index contributed by atoms with van der Waals surface area (Å²) in [6.45, 7) is 4.16. The minimum absolute atomic E-state index is 0.189. The lowest BCUT2D eigenvalue weighted by Gasteiger charge is -2.01. The Morgan fingerprint density at radius 1 is 0.727 bits per heavy atom. The monoisotopic (exact) mass is 308 g/mol. The van der Waals surface area contributed by atoms with E-state index in [1.165, 1.54) is 71.1 Å². The van der Waals surface area contributed by atoms with Gasteiger partial charge in [-0.3, -0.25) is 4.79 Å². The molecule has 0 aliphatic heterocycles. The van der Waals surface area contributed by atoms with Gasteiger partial charge in [0, 0.05) is 6.92 Å². The van der Waals surface area contributed by atoms with Crippen LogP contribution in [0.1, 0.15) is 90.9 Å². The topological polar surface area (TPSA) is 26.3 Å². The average Bonchev–Trinajstić information content (AvgIpc) is 2.50. The number of unbranched alkanes of at least 4 members (excludes halogenated alkanes) is 9. The minimum Gasteiger partial charge on any atom is -0.466 e. The van der Waals surface area contributed by atoms with Crippen molar-refractivity contribution in [2.45, 2.75) is 90.9 Å². The third-order valence-corrected chi connectivity index (χ3v) is 3.65. The molecule has 0 amide bonds. The Labute approximate surface area is 138 Å². The summed E-state index contributed by atoms with van der Waals surface area (Å²) >= 11 is 0. The van der Waals surface area contributed by atoms with E-state index in [0.29, 0.717) is 6.61 Å². The van der Waals surface area contributed by atoms with Crippen molar-refractivity contribution in [3.63, 3.8) is 0 Å². The van der Waals surface area contributed by atoms with Crippen molar-refractivity contribution < 1.29 is 9.53 Å². The van der Waals surface area contributed by atoms with Gasteiger partial charge in [-0.05, 0) is 38.5 Å². The Balaban J connectivity index is 3.09. The van der Waals surface area contributed by atoms with Crippen molar-refractivity contribution in [1.29, 1.82) is 0 Å². The van der Waals surface area contributed by atoms with Gasteiger partial charge in [-0.1, -0.05) is 69.8 Å². The maximum atomic E-state index is 10.6. The number of hydrogen-bond donors (Lipinski definition) is 0. The summed E-state index contributed by atoms with van der Waals surface area (Å²) in [5.74, 6) is -0.189. The zero-order chi connectivity index (χ0) is 16.3. The molecular weight excluding hydrogens is 272 g/mol. The Bertz CT molecular complexity index is 292. The van der Waals surface area contributed by atoms with Gasteiger partial charge in [0.1, 0.15) is 0 Å². The van der Waals surface area contributed by atoms with Gasteiger partial charge in [-0.25, -0.2) is 0 Å². The first-order valence-electron chi connectivity index (χ1n) is 9.20. The molecule has 0 aliphatic rings. The lowest BCUT2D eigenvalue weighted by Crippen LogP contribution is -1.98. The molecule has 0 aromatic heterocycles. The summed E-state index contributed by atoms with van der Waals surface area (Å²) < 4.78 is 4.87. The van der Waals surface area contributed by atoms with Gasteiger partial charge in [0.15, 0.2) is 0 Å². The second-order valence-corrected chi connectivity index (χ2v) is 5.89. The summed E-state index contributed by atoms with van der Waals surface area (Å²) in [7, 11) is 0. The molecule has 128 valence electrons. The second kappa shape index (κ2) is 18.0. The highest BCUT2D eigenvalue weighted by Gasteiger charge is 1.92. The summed E-state index contributed by atoms with van der Waals surface area (Å²) in [6.07, 6.45) is 24.3. The summed E-state index contributed by atoms with van der Waals surface area (Å²) in [5, 5.41) is 0. The van der Waals surface area contributed by atoms with Crippen LogP contribution >= 0.6 is 0 Å². The molecule has 0 bridgehead atoms. The highest BCUT2D eigenvalue weighted by molar-refractivity contribution is 5.65. The lowest BCUT2D eigenvalue weighted by molar-refractivity contribution is -0.140. The van der Waals surface area contributed by atoms with E-state index in [2.05, 4.69) is 31.2 Å². The largest absolute Gasteiger partial charge is 0.466 e. The molecule has 0 fully saturated rings. The number of esters is 1. The molecule has 0 atom stereocenters. The van der Waals surface area contributed by atoms with Gasteiger partial charge in [0.25, 0.3) is 0 Å². The maximum absolute atomic E-state index is 10.6. The number of carbonyl (C=O) groups is 1. The number of carbonyl (C=O) groups excluding carboxylic acids is 1. The van der Waals surface area contributed by atoms with Gasteiger partial charge >= 0.3 is 5.97 Å². The summed E-state index contributed by atoms with van der Waals surface area (Å²) in [6, 6.07) is 0. The molecule has 0 radical (unpaired) electrons. The number of allylic oxidation sites excluding steroid dienone is 3. The molecular formula is C20H36O2. The van der Waals surface area contributed by atoms with Crippen LogP contribution < -0.4 is 0 Å². The van der Waals surface area contributed by atoms with Crippen LogP contribution in [0.5, 0.6) is 0 Å². The van der Waals surface area contributed by atoms with Gasteiger partial charge in [-0.2, -0.15) is 0 Å². The molecule has 2 heteroatoms. The van der Waals surface area contributed by atoms with Crippen molar-refractivity contribution in [2.24, 2.45) is 0 Å². The molecule has 0 aromatic rings. The van der Waals surface area contributed by atoms with E-state index in [4.69, 9.17) is 4.74 Å². The molecule has 0 rings (SSSR count). The van der Waals surface area contributed by atoms with E-state index >= 15 is 0 Å². The van der Waals surface area contributed by atoms with Crippen molar-refractivity contribution in [3.05, 3.63) is 24.3 Å². The zero-order valence-electron chi connectivity index (χ0n) is 14.8. The van der Waals surface area contributed by atoms with Crippen molar-refractivity contribution >= 4 is 5.97 Å². The molecule has 0 aromatic carbocycles. The highest BCUT2D eigenvalue weighted by Crippen LogP contribution is 2.11. The second-order valence-electron chi connectivity index (χ2n) is 5.89. The standard InChI is InChI=1S/C20H36O2/c1-3-4-5-6-7-8-9-10-11-12-13-14-15-16-17-18-19-22-20(2)21/h4-5,16-17H,3,6-15,18-19H2,1-2H3. The number of rotatable bonds is 15. The highest BCUT2D eigenvalue weighted by atomic mass is 16.5. The van der Waals surface area contributed by atoms with E-state index in [-0.39, 0.29) is 5.97 Å². The fraction of sp³-hybridized carbons (Fsp3) is 0.750. The molecule has 2 nitrogen and oxygen atoms in total. The number of ether oxygens (including phenoxy) is 1. The van der Waals surface area contributed by atoms with Crippen LogP contribution in [0.25, 0.3) is 0 Å². The van der Waals surface area contributed by atoms with Crippen LogP contribution in [0.2, 0.25) is 0 Å². The summed E-state index contributed by atoms with van der Waals surface area (Å²) in [4.78, 5) is 10.6. The predicted octanol–water partition coefficient (Wildman–Crippen LogP) is 6.36. The van der Waals surface area contributed by atoms with E-state index in [0.717, 1.165) is 12.8 Å².